The van der Waals surface area contributed by atoms with Gasteiger partial charge in [0.15, 0.2) is 0 Å². The van der Waals surface area contributed by atoms with Crippen LogP contribution in [0.1, 0.15) is 24.5 Å². The van der Waals surface area contributed by atoms with Gasteiger partial charge in [0.05, 0.1) is 18.9 Å². The number of aliphatic hydroxyl groups is 1. The van der Waals surface area contributed by atoms with Crippen molar-refractivity contribution in [3.63, 3.8) is 0 Å². The van der Waals surface area contributed by atoms with Crippen LogP contribution in [0.4, 0.5) is 4.39 Å². The molecule has 122 valence electrons. The minimum absolute atomic E-state index is 0.0246. The van der Waals surface area contributed by atoms with E-state index in [2.05, 4.69) is 10.3 Å². The molecule has 0 aliphatic rings. The van der Waals surface area contributed by atoms with Crippen molar-refractivity contribution < 1.29 is 19.0 Å². The van der Waals surface area contributed by atoms with Crippen molar-refractivity contribution in [2.24, 2.45) is 0 Å². The third-order valence-electron chi connectivity index (χ3n) is 3.21. The topological polar surface area (TPSA) is 71.5 Å². The summed E-state index contributed by atoms with van der Waals surface area (Å²) >= 11 is 0. The van der Waals surface area contributed by atoms with E-state index in [4.69, 9.17) is 4.74 Å². The number of halogens is 1. The molecule has 0 aliphatic heterocycles. The fraction of sp³-hybridized carbons (Fsp3) is 0.294. The Bertz CT molecular complexity index is 622. The van der Waals surface area contributed by atoms with Crippen LogP contribution in [0.3, 0.4) is 0 Å². The summed E-state index contributed by atoms with van der Waals surface area (Å²) in [6, 6.07) is 9.51. The summed E-state index contributed by atoms with van der Waals surface area (Å²) in [5.74, 6) is -0.0443. The van der Waals surface area contributed by atoms with E-state index in [1.54, 1.807) is 36.7 Å². The van der Waals surface area contributed by atoms with Crippen LogP contribution < -0.4 is 10.1 Å². The van der Waals surface area contributed by atoms with Crippen LogP contribution >= 0.6 is 0 Å². The summed E-state index contributed by atoms with van der Waals surface area (Å²) in [6.07, 6.45) is 3.00. The number of ether oxygens (including phenoxy) is 1. The minimum atomic E-state index is -1.06. The molecule has 0 saturated carbocycles. The van der Waals surface area contributed by atoms with Gasteiger partial charge in [-0.15, -0.1) is 0 Å². The lowest BCUT2D eigenvalue weighted by atomic mass is 10.1. The number of aromatic nitrogens is 1. The zero-order valence-corrected chi connectivity index (χ0v) is 12.6. The molecule has 23 heavy (non-hydrogen) atoms. The molecule has 0 spiro atoms. The molecule has 2 rings (SSSR count). The van der Waals surface area contributed by atoms with Gasteiger partial charge in [-0.05, 0) is 24.6 Å². The third kappa shape index (κ3) is 5.67. The van der Waals surface area contributed by atoms with Gasteiger partial charge in [0, 0.05) is 24.7 Å². The van der Waals surface area contributed by atoms with Crippen LogP contribution in [0.2, 0.25) is 0 Å². The highest BCUT2D eigenvalue weighted by molar-refractivity contribution is 5.75. The number of hydrogen-bond donors (Lipinski definition) is 2. The first-order valence-electron chi connectivity index (χ1n) is 7.39. The monoisotopic (exact) mass is 318 g/mol. The molecule has 1 amide bonds. The van der Waals surface area contributed by atoms with Gasteiger partial charge in [0.25, 0.3) is 0 Å². The van der Waals surface area contributed by atoms with Crippen molar-refractivity contribution >= 4 is 5.91 Å². The smallest absolute Gasteiger partial charge is 0.220 e. The Labute approximate surface area is 134 Å². The van der Waals surface area contributed by atoms with Gasteiger partial charge >= 0.3 is 0 Å². The second-order valence-electron chi connectivity index (χ2n) is 4.98. The maximum atomic E-state index is 13.5. The lowest BCUT2D eigenvalue weighted by Crippen LogP contribution is -2.28. The molecule has 0 radical (unpaired) electrons. The Hall–Kier alpha value is -2.47. The Balaban J connectivity index is 1.64. The molecule has 5 nitrogen and oxygen atoms in total. The SMILES string of the molecule is O=C(CCCOc1cccnc1)NCC(O)c1ccccc1F. The maximum Gasteiger partial charge on any atom is 0.220 e. The molecule has 1 aromatic heterocycles. The summed E-state index contributed by atoms with van der Waals surface area (Å²) in [6.45, 7) is 0.373. The predicted molar refractivity (Wildman–Crippen MR) is 83.3 cm³/mol. The molecule has 1 atom stereocenters. The van der Waals surface area contributed by atoms with E-state index in [-0.39, 0.29) is 24.4 Å². The second kappa shape index (κ2) is 8.85. The Kier molecular flexibility index (Phi) is 6.50. The molecule has 2 N–H and O–H groups in total. The van der Waals surface area contributed by atoms with Gasteiger partial charge in [0.2, 0.25) is 5.91 Å². The fourth-order valence-electron chi connectivity index (χ4n) is 2.01. The summed E-state index contributed by atoms with van der Waals surface area (Å²) < 4.78 is 18.9. The number of nitrogens with one attached hydrogen (secondary N) is 1. The van der Waals surface area contributed by atoms with E-state index in [1.165, 1.54) is 12.1 Å². The number of hydrogen-bond acceptors (Lipinski definition) is 4. The number of benzene rings is 1. The summed E-state index contributed by atoms with van der Waals surface area (Å²) in [5.41, 5.74) is 0.174. The van der Waals surface area contributed by atoms with Gasteiger partial charge in [0.1, 0.15) is 11.6 Å². The summed E-state index contributed by atoms with van der Waals surface area (Å²) in [4.78, 5) is 15.6. The molecule has 0 bridgehead atoms. The number of rotatable bonds is 8. The Morgan fingerprint density at radius 1 is 1.30 bits per heavy atom. The fourth-order valence-corrected chi connectivity index (χ4v) is 2.01. The molecule has 1 unspecified atom stereocenters. The van der Waals surface area contributed by atoms with Gasteiger partial charge in [-0.3, -0.25) is 9.78 Å². The van der Waals surface area contributed by atoms with Gasteiger partial charge < -0.3 is 15.2 Å². The molecule has 0 saturated heterocycles. The number of pyridine rings is 1. The van der Waals surface area contributed by atoms with E-state index < -0.39 is 11.9 Å². The van der Waals surface area contributed by atoms with Gasteiger partial charge in [-0.25, -0.2) is 4.39 Å². The number of amides is 1. The van der Waals surface area contributed by atoms with Crippen LogP contribution in [-0.4, -0.2) is 29.1 Å². The van der Waals surface area contributed by atoms with Crippen molar-refractivity contribution in [1.29, 1.82) is 0 Å². The standard InChI is InChI=1S/C17H19FN2O3/c18-15-7-2-1-6-14(15)16(21)12-20-17(22)8-4-10-23-13-5-3-9-19-11-13/h1-3,5-7,9,11,16,21H,4,8,10,12H2,(H,20,22). The van der Waals surface area contributed by atoms with Crippen molar-refractivity contribution in [2.75, 3.05) is 13.2 Å². The third-order valence-corrected chi connectivity index (χ3v) is 3.21. The van der Waals surface area contributed by atoms with Crippen LogP contribution in [0.5, 0.6) is 5.75 Å². The minimum Gasteiger partial charge on any atom is -0.492 e. The molecule has 6 heteroatoms. The van der Waals surface area contributed by atoms with E-state index in [9.17, 15) is 14.3 Å². The molecule has 0 aliphatic carbocycles. The summed E-state index contributed by atoms with van der Waals surface area (Å²) in [5, 5.41) is 12.5. The van der Waals surface area contributed by atoms with Crippen LogP contribution in [0.15, 0.2) is 48.8 Å². The zero-order chi connectivity index (χ0) is 16.5. The van der Waals surface area contributed by atoms with E-state index in [1.807, 2.05) is 0 Å². The predicted octanol–water partition coefficient (Wildman–Crippen LogP) is 2.23. The first-order chi connectivity index (χ1) is 11.2. The van der Waals surface area contributed by atoms with E-state index >= 15 is 0 Å². The molecule has 1 heterocycles. The highest BCUT2D eigenvalue weighted by Crippen LogP contribution is 2.15. The Morgan fingerprint density at radius 2 is 2.13 bits per heavy atom. The number of aliphatic hydroxyl groups excluding tert-OH is 1. The van der Waals surface area contributed by atoms with Gasteiger partial charge in [-0.1, -0.05) is 18.2 Å². The number of carbonyl (C=O) groups is 1. The molecule has 2 aromatic rings. The normalized spacial score (nSPS) is 11.7. The van der Waals surface area contributed by atoms with E-state index in [0.29, 0.717) is 18.8 Å². The van der Waals surface area contributed by atoms with Crippen LogP contribution in [0.25, 0.3) is 0 Å². The first-order valence-corrected chi connectivity index (χ1v) is 7.39. The second-order valence-corrected chi connectivity index (χ2v) is 4.98. The molecular formula is C17H19FN2O3. The summed E-state index contributed by atoms with van der Waals surface area (Å²) in [7, 11) is 0. The van der Waals surface area contributed by atoms with Crippen LogP contribution in [0, 0.1) is 5.82 Å². The highest BCUT2D eigenvalue weighted by atomic mass is 19.1. The van der Waals surface area contributed by atoms with Gasteiger partial charge in [-0.2, -0.15) is 0 Å². The molecular weight excluding hydrogens is 299 g/mol. The molecule has 0 fully saturated rings. The number of nitrogens with zero attached hydrogens (tertiary/aromatic N) is 1. The van der Waals surface area contributed by atoms with Crippen molar-refractivity contribution in [2.45, 2.75) is 18.9 Å². The Morgan fingerprint density at radius 3 is 2.87 bits per heavy atom. The molecule has 1 aromatic carbocycles. The van der Waals surface area contributed by atoms with E-state index in [0.717, 1.165) is 0 Å². The highest BCUT2D eigenvalue weighted by Gasteiger charge is 2.13. The average molecular weight is 318 g/mol. The lowest BCUT2D eigenvalue weighted by Gasteiger charge is -2.13. The average Bonchev–Trinajstić information content (AvgIpc) is 2.58. The van der Waals surface area contributed by atoms with Crippen LogP contribution in [-0.2, 0) is 4.79 Å². The van der Waals surface area contributed by atoms with Crippen molar-refractivity contribution in [3.05, 3.63) is 60.2 Å². The first kappa shape index (κ1) is 16.9. The number of carbonyl (C=O) groups excluding carboxylic acids is 1. The lowest BCUT2D eigenvalue weighted by molar-refractivity contribution is -0.121. The quantitative estimate of drug-likeness (QED) is 0.732. The van der Waals surface area contributed by atoms with Crippen molar-refractivity contribution in [1.82, 2.24) is 10.3 Å². The maximum absolute atomic E-state index is 13.5. The largest absolute Gasteiger partial charge is 0.492 e. The van der Waals surface area contributed by atoms with Crippen molar-refractivity contribution in [3.8, 4) is 5.75 Å². The zero-order valence-electron chi connectivity index (χ0n) is 12.6.